The molecule has 0 amide bonds. The molecule has 0 spiro atoms. The molecule has 7 heteroatoms. The summed E-state index contributed by atoms with van der Waals surface area (Å²) < 4.78 is 19.6. The molecule has 1 aliphatic rings. The third-order valence-electron chi connectivity index (χ3n) is 2.46. The second kappa shape index (κ2) is 4.18. The second-order valence-electron chi connectivity index (χ2n) is 3.60. The zero-order valence-corrected chi connectivity index (χ0v) is 8.30. The Balaban J connectivity index is 2.31. The van der Waals surface area contributed by atoms with E-state index in [-0.39, 0.29) is 13.0 Å². The maximum Gasteiger partial charge on any atom is 0.330 e. The lowest BCUT2D eigenvalue weighted by Gasteiger charge is -2.15. The summed E-state index contributed by atoms with van der Waals surface area (Å²) in [6.45, 7) is -0.297. The summed E-state index contributed by atoms with van der Waals surface area (Å²) in [5.41, 5.74) is -1.27. The molecule has 0 bridgehead atoms. The highest BCUT2D eigenvalue weighted by Crippen LogP contribution is 2.29. The average Bonchev–Trinajstić information content (AvgIpc) is 2.60. The quantitative estimate of drug-likeness (QED) is 0.693. The van der Waals surface area contributed by atoms with E-state index in [1.165, 1.54) is 6.20 Å². The van der Waals surface area contributed by atoms with Gasteiger partial charge in [0.15, 0.2) is 6.23 Å². The van der Waals surface area contributed by atoms with Gasteiger partial charge in [0, 0.05) is 18.7 Å². The molecule has 6 nitrogen and oxygen atoms in total. The van der Waals surface area contributed by atoms with Gasteiger partial charge in [-0.25, -0.2) is 9.18 Å². The Morgan fingerprint density at radius 3 is 2.94 bits per heavy atom. The van der Waals surface area contributed by atoms with Crippen LogP contribution in [0.3, 0.4) is 0 Å². The van der Waals surface area contributed by atoms with Crippen LogP contribution in [0.5, 0.6) is 0 Å². The SMILES string of the molecule is O=c1ccn([C@@H]2O[C@H](CO)C[C@H]2F)c(=O)[nH]1. The first-order valence-corrected chi connectivity index (χ1v) is 4.83. The van der Waals surface area contributed by atoms with E-state index < -0.39 is 29.8 Å². The number of alkyl halides is 1. The summed E-state index contributed by atoms with van der Waals surface area (Å²) in [5.74, 6) is 0. The molecule has 1 saturated heterocycles. The summed E-state index contributed by atoms with van der Waals surface area (Å²) >= 11 is 0. The van der Waals surface area contributed by atoms with Gasteiger partial charge in [0.1, 0.15) is 6.17 Å². The average molecular weight is 230 g/mol. The smallest absolute Gasteiger partial charge is 0.330 e. The van der Waals surface area contributed by atoms with E-state index in [1.807, 2.05) is 4.98 Å². The van der Waals surface area contributed by atoms with Crippen LogP contribution in [-0.4, -0.2) is 33.5 Å². The van der Waals surface area contributed by atoms with Crippen molar-refractivity contribution in [3.63, 3.8) is 0 Å². The highest BCUT2D eigenvalue weighted by atomic mass is 19.1. The molecule has 0 aromatic carbocycles. The number of aliphatic hydroxyl groups excluding tert-OH is 1. The molecule has 1 aliphatic heterocycles. The third kappa shape index (κ3) is 1.91. The number of nitrogens with zero attached hydrogens (tertiary/aromatic N) is 1. The lowest BCUT2D eigenvalue weighted by Crippen LogP contribution is -2.34. The Kier molecular flexibility index (Phi) is 2.88. The van der Waals surface area contributed by atoms with Crippen LogP contribution in [0.25, 0.3) is 0 Å². The van der Waals surface area contributed by atoms with E-state index in [2.05, 4.69) is 0 Å². The van der Waals surface area contributed by atoms with Crippen LogP contribution in [0.4, 0.5) is 4.39 Å². The zero-order chi connectivity index (χ0) is 11.7. The predicted molar refractivity (Wildman–Crippen MR) is 51.8 cm³/mol. The summed E-state index contributed by atoms with van der Waals surface area (Å²) in [6, 6.07) is 1.11. The third-order valence-corrected chi connectivity index (χ3v) is 2.46. The molecule has 2 rings (SSSR count). The van der Waals surface area contributed by atoms with Gasteiger partial charge in [0.25, 0.3) is 5.56 Å². The van der Waals surface area contributed by atoms with Gasteiger partial charge in [-0.2, -0.15) is 0 Å². The number of H-pyrrole nitrogens is 1. The predicted octanol–water partition coefficient (Wildman–Crippen LogP) is -0.846. The van der Waals surface area contributed by atoms with Crippen molar-refractivity contribution < 1.29 is 14.2 Å². The number of rotatable bonds is 2. The number of nitrogens with one attached hydrogen (secondary N) is 1. The molecule has 0 unspecified atom stereocenters. The van der Waals surface area contributed by atoms with Gasteiger partial charge in [-0.3, -0.25) is 14.3 Å². The molecular weight excluding hydrogens is 219 g/mol. The molecule has 1 fully saturated rings. The zero-order valence-electron chi connectivity index (χ0n) is 8.30. The normalized spacial score (nSPS) is 29.5. The molecule has 1 aromatic rings. The van der Waals surface area contributed by atoms with E-state index in [0.29, 0.717) is 0 Å². The van der Waals surface area contributed by atoms with Crippen LogP contribution in [-0.2, 0) is 4.74 Å². The molecule has 1 aromatic heterocycles. The lowest BCUT2D eigenvalue weighted by atomic mass is 10.2. The Bertz CT molecular complexity index is 483. The Morgan fingerprint density at radius 2 is 2.38 bits per heavy atom. The van der Waals surface area contributed by atoms with Gasteiger partial charge in [-0.15, -0.1) is 0 Å². The fourth-order valence-electron chi connectivity index (χ4n) is 1.69. The molecule has 3 atom stereocenters. The van der Waals surface area contributed by atoms with Gasteiger partial charge in [-0.1, -0.05) is 0 Å². The number of aromatic nitrogens is 2. The highest BCUT2D eigenvalue weighted by Gasteiger charge is 2.36. The largest absolute Gasteiger partial charge is 0.394 e. The number of hydrogen-bond donors (Lipinski definition) is 2. The van der Waals surface area contributed by atoms with Crippen molar-refractivity contribution in [1.82, 2.24) is 9.55 Å². The van der Waals surface area contributed by atoms with E-state index in [4.69, 9.17) is 9.84 Å². The minimum absolute atomic E-state index is 0.0345. The summed E-state index contributed by atoms with van der Waals surface area (Å²) in [6.07, 6.45) is -1.86. The van der Waals surface area contributed by atoms with Crippen molar-refractivity contribution in [1.29, 1.82) is 0 Å². The maximum absolute atomic E-state index is 13.5. The van der Waals surface area contributed by atoms with Crippen LogP contribution in [0.2, 0.25) is 0 Å². The summed E-state index contributed by atoms with van der Waals surface area (Å²) in [7, 11) is 0. The van der Waals surface area contributed by atoms with E-state index >= 15 is 0 Å². The topological polar surface area (TPSA) is 84.3 Å². The molecule has 88 valence electrons. The maximum atomic E-state index is 13.5. The fraction of sp³-hybridized carbons (Fsp3) is 0.556. The monoisotopic (exact) mass is 230 g/mol. The first kappa shape index (κ1) is 11.0. The highest BCUT2D eigenvalue weighted by molar-refractivity contribution is 4.88. The molecule has 2 heterocycles. The number of ether oxygens (including phenoxy) is 1. The minimum atomic E-state index is -1.37. The van der Waals surface area contributed by atoms with Crippen LogP contribution in [0, 0.1) is 0 Å². The van der Waals surface area contributed by atoms with Crippen molar-refractivity contribution >= 4 is 0 Å². The van der Waals surface area contributed by atoms with Crippen LogP contribution >= 0.6 is 0 Å². The van der Waals surface area contributed by atoms with Crippen molar-refractivity contribution in [3.8, 4) is 0 Å². The van der Waals surface area contributed by atoms with Crippen molar-refractivity contribution in [2.24, 2.45) is 0 Å². The van der Waals surface area contributed by atoms with Gasteiger partial charge in [0.05, 0.1) is 12.7 Å². The van der Waals surface area contributed by atoms with Crippen molar-refractivity contribution in [2.45, 2.75) is 24.9 Å². The van der Waals surface area contributed by atoms with Gasteiger partial charge in [0.2, 0.25) is 0 Å². The van der Waals surface area contributed by atoms with Gasteiger partial charge < -0.3 is 9.84 Å². The van der Waals surface area contributed by atoms with Crippen LogP contribution in [0.1, 0.15) is 12.6 Å². The molecule has 0 aliphatic carbocycles. The molecule has 0 radical (unpaired) electrons. The number of aliphatic hydroxyl groups is 1. The van der Waals surface area contributed by atoms with Gasteiger partial charge in [-0.05, 0) is 0 Å². The first-order chi connectivity index (χ1) is 7.61. The van der Waals surface area contributed by atoms with Crippen LogP contribution in [0.15, 0.2) is 21.9 Å². The van der Waals surface area contributed by atoms with E-state index in [9.17, 15) is 14.0 Å². The fourth-order valence-corrected chi connectivity index (χ4v) is 1.69. The number of hydrogen-bond acceptors (Lipinski definition) is 4. The Hall–Kier alpha value is -1.47. The summed E-state index contributed by atoms with van der Waals surface area (Å²) in [5, 5.41) is 8.83. The van der Waals surface area contributed by atoms with Crippen molar-refractivity contribution in [2.75, 3.05) is 6.61 Å². The molecular formula is C9H11FN2O4. The summed E-state index contributed by atoms with van der Waals surface area (Å²) in [4.78, 5) is 24.2. The van der Waals surface area contributed by atoms with E-state index in [0.717, 1.165) is 10.6 Å². The van der Waals surface area contributed by atoms with E-state index in [1.54, 1.807) is 0 Å². The van der Waals surface area contributed by atoms with Crippen LogP contribution < -0.4 is 11.2 Å². The number of aromatic amines is 1. The van der Waals surface area contributed by atoms with Crippen molar-refractivity contribution in [3.05, 3.63) is 33.1 Å². The first-order valence-electron chi connectivity index (χ1n) is 4.83. The second-order valence-corrected chi connectivity index (χ2v) is 3.60. The molecule has 16 heavy (non-hydrogen) atoms. The molecule has 0 saturated carbocycles. The Labute approximate surface area is 89.3 Å². The standard InChI is InChI=1S/C9H11FN2O4/c10-6-3-5(4-13)16-8(6)12-2-1-7(14)11-9(12)15/h1-2,5-6,8,13H,3-4H2,(H,11,14,15)/t5-,6+,8+/m0/s1. The van der Waals surface area contributed by atoms with Gasteiger partial charge >= 0.3 is 5.69 Å². The number of halogens is 1. The minimum Gasteiger partial charge on any atom is -0.394 e. The Morgan fingerprint density at radius 1 is 1.62 bits per heavy atom. The molecule has 2 N–H and O–H groups in total. The lowest BCUT2D eigenvalue weighted by molar-refractivity contribution is -0.0394.